The van der Waals surface area contributed by atoms with Gasteiger partial charge in [-0.25, -0.2) is 18.7 Å². The minimum absolute atomic E-state index is 0.0985. The van der Waals surface area contributed by atoms with E-state index >= 15 is 0 Å². The van der Waals surface area contributed by atoms with E-state index < -0.39 is 12.1 Å². The molecule has 2 heterocycles. The molecule has 0 bridgehead atoms. The maximum Gasteiger partial charge on any atom is 0.490 e. The third-order valence-electron chi connectivity index (χ3n) is 4.97. The number of H-pyrrole nitrogens is 2. The molecule has 0 amide bonds. The second-order valence-electron chi connectivity index (χ2n) is 7.45. The highest BCUT2D eigenvalue weighted by molar-refractivity contribution is 5.75. The number of halogens is 4. The zero-order valence-corrected chi connectivity index (χ0v) is 18.1. The number of benzene rings is 2. The molecule has 12 heteroatoms. The van der Waals surface area contributed by atoms with Gasteiger partial charge in [0.05, 0.1) is 22.4 Å². The minimum atomic E-state index is -5.08. The number of rotatable bonds is 5. The van der Waals surface area contributed by atoms with Crippen LogP contribution in [0.15, 0.2) is 53.5 Å². The Morgan fingerprint density at radius 3 is 2.38 bits per heavy atom. The molecule has 8 nitrogen and oxygen atoms in total. The lowest BCUT2D eigenvalue weighted by molar-refractivity contribution is -0.192. The number of nitrogens with one attached hydrogen (secondary N) is 3. The van der Waals surface area contributed by atoms with Gasteiger partial charge in [-0.15, -0.1) is 0 Å². The van der Waals surface area contributed by atoms with Crippen molar-refractivity contribution in [2.45, 2.75) is 32.6 Å². The van der Waals surface area contributed by atoms with E-state index in [0.717, 1.165) is 33.5 Å². The number of alkyl halides is 3. The first kappa shape index (κ1) is 24.7. The predicted molar refractivity (Wildman–Crippen MR) is 116 cm³/mol. The predicted octanol–water partition coefficient (Wildman–Crippen LogP) is 3.97. The fraction of sp³-hybridized carbons (Fsp3) is 0.227. The zero-order valence-electron chi connectivity index (χ0n) is 18.1. The highest BCUT2D eigenvalue weighted by Gasteiger charge is 2.38. The van der Waals surface area contributed by atoms with Crippen molar-refractivity contribution >= 4 is 17.0 Å². The molecule has 4 rings (SSSR count). The van der Waals surface area contributed by atoms with E-state index in [2.05, 4.69) is 27.3 Å². The van der Waals surface area contributed by atoms with E-state index in [-0.39, 0.29) is 17.5 Å². The molecule has 1 unspecified atom stereocenters. The van der Waals surface area contributed by atoms with Crippen LogP contribution in [0.2, 0.25) is 0 Å². The van der Waals surface area contributed by atoms with E-state index in [1.54, 1.807) is 16.8 Å². The van der Waals surface area contributed by atoms with Crippen LogP contribution in [-0.2, 0) is 11.3 Å². The first-order valence-corrected chi connectivity index (χ1v) is 10.0. The Morgan fingerprint density at radius 1 is 1.15 bits per heavy atom. The summed E-state index contributed by atoms with van der Waals surface area (Å²) in [4.78, 5) is 25.8. The molecule has 0 saturated carbocycles. The van der Waals surface area contributed by atoms with Crippen LogP contribution in [0.5, 0.6) is 0 Å². The molecule has 2 aromatic heterocycles. The van der Waals surface area contributed by atoms with Crippen molar-refractivity contribution < 1.29 is 27.5 Å². The van der Waals surface area contributed by atoms with E-state index in [9.17, 15) is 22.4 Å². The van der Waals surface area contributed by atoms with Gasteiger partial charge >= 0.3 is 17.8 Å². The van der Waals surface area contributed by atoms with Gasteiger partial charge in [0.15, 0.2) is 0 Å². The van der Waals surface area contributed by atoms with Gasteiger partial charge in [0.1, 0.15) is 5.82 Å². The van der Waals surface area contributed by atoms with E-state index in [1.807, 2.05) is 31.3 Å². The Morgan fingerprint density at radius 2 is 1.76 bits per heavy atom. The average Bonchev–Trinajstić information content (AvgIpc) is 3.33. The average molecular weight is 479 g/mol. The number of aromatic nitrogens is 4. The molecule has 0 aliphatic carbocycles. The molecule has 1 atom stereocenters. The number of fused-ring (bicyclic) bond motifs is 1. The summed E-state index contributed by atoms with van der Waals surface area (Å²) in [5, 5.41) is 15.1. The number of aliphatic carboxylic acids is 1. The summed E-state index contributed by atoms with van der Waals surface area (Å²) in [6, 6.07) is 12.2. The molecule has 180 valence electrons. The van der Waals surface area contributed by atoms with Crippen molar-refractivity contribution in [3.8, 4) is 5.69 Å². The molecule has 0 aliphatic rings. The second kappa shape index (κ2) is 9.91. The number of carboxylic acids is 1. The zero-order chi connectivity index (χ0) is 25.0. The molecule has 0 spiro atoms. The minimum Gasteiger partial charge on any atom is -0.475 e. The van der Waals surface area contributed by atoms with Gasteiger partial charge in [0.2, 0.25) is 0 Å². The van der Waals surface area contributed by atoms with Crippen LogP contribution in [0.3, 0.4) is 0 Å². The van der Waals surface area contributed by atoms with Crippen LogP contribution in [0.1, 0.15) is 29.8 Å². The van der Waals surface area contributed by atoms with Crippen LogP contribution < -0.4 is 11.0 Å². The highest BCUT2D eigenvalue weighted by Crippen LogP contribution is 2.19. The quantitative estimate of drug-likeness (QED) is 0.323. The largest absolute Gasteiger partial charge is 0.490 e. The molecule has 2 aromatic carbocycles. The maximum atomic E-state index is 13.1. The number of nitrogens with zero attached hydrogens (tertiary/aromatic N) is 2. The summed E-state index contributed by atoms with van der Waals surface area (Å²) in [5.41, 5.74) is 5.29. The molecular formula is C22H21F4N5O3. The molecule has 0 fully saturated rings. The van der Waals surface area contributed by atoms with Gasteiger partial charge in [-0.3, -0.25) is 0 Å². The van der Waals surface area contributed by atoms with E-state index in [1.165, 1.54) is 12.1 Å². The fourth-order valence-electron chi connectivity index (χ4n) is 3.10. The van der Waals surface area contributed by atoms with Gasteiger partial charge in [-0.2, -0.15) is 18.3 Å². The molecule has 0 saturated heterocycles. The van der Waals surface area contributed by atoms with E-state index in [0.29, 0.717) is 6.54 Å². The van der Waals surface area contributed by atoms with Gasteiger partial charge in [-0.05, 0) is 55.8 Å². The van der Waals surface area contributed by atoms with Crippen molar-refractivity contribution in [3.05, 3.63) is 81.8 Å². The first-order chi connectivity index (χ1) is 15.9. The molecular weight excluding hydrogens is 458 g/mol. The summed E-state index contributed by atoms with van der Waals surface area (Å²) >= 11 is 0. The lowest BCUT2D eigenvalue weighted by Crippen LogP contribution is -2.21. The van der Waals surface area contributed by atoms with Crippen molar-refractivity contribution in [1.29, 1.82) is 0 Å². The number of aryl methyl sites for hydroxylation is 1. The molecule has 34 heavy (non-hydrogen) atoms. The normalized spacial score (nSPS) is 12.3. The van der Waals surface area contributed by atoms with Crippen LogP contribution in [0.25, 0.3) is 16.7 Å². The maximum absolute atomic E-state index is 13.1. The monoisotopic (exact) mass is 479 g/mol. The van der Waals surface area contributed by atoms with Crippen LogP contribution in [-0.4, -0.2) is 37.0 Å². The second-order valence-corrected chi connectivity index (χ2v) is 7.45. The van der Waals surface area contributed by atoms with Crippen LogP contribution in [0, 0.1) is 12.7 Å². The van der Waals surface area contributed by atoms with Crippen molar-refractivity contribution in [1.82, 2.24) is 25.1 Å². The number of hydrogen-bond donors (Lipinski definition) is 4. The summed E-state index contributed by atoms with van der Waals surface area (Å²) < 4.78 is 46.6. The standard InChI is InChI=1S/C20H20FN5O.C2HF3O2/c1-12(14-3-8-18-19(9-14)24-20(27)23-18)22-10-15-11-26(25-13(15)2)17-6-4-16(21)5-7-17;3-2(4,5)1(6)7/h3-9,11-12,22H,10H2,1-2H3,(H2,23,24,27);(H,6,7). The SMILES string of the molecule is Cc1nn(-c2ccc(F)cc2)cc1CNC(C)c1ccc2[nH]c(=O)[nH]c2c1.O=C(O)C(F)(F)F. The number of aromatic amines is 2. The van der Waals surface area contributed by atoms with Gasteiger partial charge in [-0.1, -0.05) is 6.07 Å². The number of carbonyl (C=O) groups is 1. The van der Waals surface area contributed by atoms with Gasteiger partial charge in [0, 0.05) is 24.3 Å². The third-order valence-corrected chi connectivity index (χ3v) is 4.97. The smallest absolute Gasteiger partial charge is 0.475 e. The lowest BCUT2D eigenvalue weighted by Gasteiger charge is -2.14. The first-order valence-electron chi connectivity index (χ1n) is 10.0. The Balaban J connectivity index is 0.000000406. The Bertz CT molecular complexity index is 1340. The Kier molecular flexibility index (Phi) is 7.20. The molecule has 4 aromatic rings. The van der Waals surface area contributed by atoms with Gasteiger partial charge < -0.3 is 20.4 Å². The molecule has 4 N–H and O–H groups in total. The van der Waals surface area contributed by atoms with Crippen LogP contribution >= 0.6 is 0 Å². The fourth-order valence-corrected chi connectivity index (χ4v) is 3.10. The Hall–Kier alpha value is -3.93. The summed E-state index contributed by atoms with van der Waals surface area (Å²) in [5.74, 6) is -3.02. The summed E-state index contributed by atoms with van der Waals surface area (Å²) in [6.45, 7) is 4.68. The number of hydrogen-bond acceptors (Lipinski definition) is 4. The summed E-state index contributed by atoms with van der Waals surface area (Å²) in [6.07, 6.45) is -3.13. The molecule has 0 aliphatic heterocycles. The third kappa shape index (κ3) is 6.10. The van der Waals surface area contributed by atoms with Gasteiger partial charge in [0.25, 0.3) is 0 Å². The number of carboxylic acid groups (broad SMARTS) is 1. The topological polar surface area (TPSA) is 116 Å². The lowest BCUT2D eigenvalue weighted by atomic mass is 10.1. The van der Waals surface area contributed by atoms with Crippen molar-refractivity contribution in [3.63, 3.8) is 0 Å². The molecule has 0 radical (unpaired) electrons. The van der Waals surface area contributed by atoms with Crippen LogP contribution in [0.4, 0.5) is 17.6 Å². The van der Waals surface area contributed by atoms with Crippen molar-refractivity contribution in [2.24, 2.45) is 0 Å². The van der Waals surface area contributed by atoms with E-state index in [4.69, 9.17) is 9.90 Å². The number of imidazole rings is 1. The Labute approximate surface area is 190 Å². The highest BCUT2D eigenvalue weighted by atomic mass is 19.4. The van der Waals surface area contributed by atoms with Crippen molar-refractivity contribution in [2.75, 3.05) is 0 Å². The summed E-state index contributed by atoms with van der Waals surface area (Å²) in [7, 11) is 0.